The van der Waals surface area contributed by atoms with Gasteiger partial charge in [-0.05, 0) is 42.7 Å². The van der Waals surface area contributed by atoms with Crippen molar-refractivity contribution in [1.82, 2.24) is 20.2 Å². The molecule has 0 spiro atoms. The molecule has 0 radical (unpaired) electrons. The average molecular weight is 423 g/mol. The van der Waals surface area contributed by atoms with E-state index in [1.807, 2.05) is 31.2 Å². The Kier molecular flexibility index (Phi) is 5.97. The van der Waals surface area contributed by atoms with E-state index in [4.69, 9.17) is 9.40 Å². The van der Waals surface area contributed by atoms with Gasteiger partial charge in [-0.25, -0.2) is 9.97 Å². The third-order valence-corrected chi connectivity index (χ3v) is 6.20. The lowest BCUT2D eigenvalue weighted by molar-refractivity contribution is 0.525. The summed E-state index contributed by atoms with van der Waals surface area (Å²) >= 11 is 3.24. The number of aromatic nitrogens is 4. The molecule has 0 saturated heterocycles. The van der Waals surface area contributed by atoms with Crippen LogP contribution >= 0.6 is 23.1 Å². The number of H-pyrrole nitrogens is 1. The summed E-state index contributed by atoms with van der Waals surface area (Å²) in [6, 6.07) is 12.5. The van der Waals surface area contributed by atoms with Gasteiger partial charge in [0.2, 0.25) is 5.16 Å². The van der Waals surface area contributed by atoms with Crippen molar-refractivity contribution in [2.24, 2.45) is 0 Å². The molecule has 1 N–H and O–H groups in total. The average Bonchev–Trinajstić information content (AvgIpc) is 3.46. The fraction of sp³-hybridized carbons (Fsp3) is 0.227. The van der Waals surface area contributed by atoms with E-state index in [0.29, 0.717) is 16.9 Å². The van der Waals surface area contributed by atoms with Gasteiger partial charge < -0.3 is 4.42 Å². The molecule has 148 valence electrons. The van der Waals surface area contributed by atoms with Crippen LogP contribution in [0.15, 0.2) is 51.4 Å². The molecule has 0 fully saturated rings. The zero-order chi connectivity index (χ0) is 20.2. The molecule has 29 heavy (non-hydrogen) atoms. The van der Waals surface area contributed by atoms with Gasteiger partial charge in [-0.1, -0.05) is 49.9 Å². The molecular formula is C22H22N4OS2. The predicted octanol–water partition coefficient (Wildman–Crippen LogP) is 6.42. The van der Waals surface area contributed by atoms with Crippen molar-refractivity contribution in [3.05, 3.63) is 70.4 Å². The van der Waals surface area contributed by atoms with Crippen LogP contribution in [0.3, 0.4) is 0 Å². The van der Waals surface area contributed by atoms with Crippen LogP contribution in [-0.4, -0.2) is 20.2 Å². The summed E-state index contributed by atoms with van der Waals surface area (Å²) in [6.45, 7) is 6.33. The van der Waals surface area contributed by atoms with Crippen LogP contribution in [0.4, 0.5) is 0 Å². The number of nitrogens with zero attached hydrogens (tertiary/aromatic N) is 3. The molecule has 4 rings (SSSR count). The minimum atomic E-state index is 0.539. The number of hydrogen-bond donors (Lipinski definition) is 1. The van der Waals surface area contributed by atoms with E-state index >= 15 is 0 Å². The number of aryl methyl sites for hydroxylation is 1. The molecule has 3 heterocycles. The van der Waals surface area contributed by atoms with Gasteiger partial charge in [-0.15, -0.1) is 16.4 Å². The van der Waals surface area contributed by atoms with Crippen molar-refractivity contribution in [3.8, 4) is 10.6 Å². The van der Waals surface area contributed by atoms with Gasteiger partial charge in [0.1, 0.15) is 22.4 Å². The summed E-state index contributed by atoms with van der Waals surface area (Å²) in [5, 5.41) is 11.0. The molecule has 0 aliphatic carbocycles. The molecule has 0 unspecified atom stereocenters. The molecule has 1 aromatic carbocycles. The van der Waals surface area contributed by atoms with Crippen molar-refractivity contribution in [2.75, 3.05) is 0 Å². The molecule has 0 saturated carbocycles. The number of benzene rings is 1. The highest BCUT2D eigenvalue weighted by Crippen LogP contribution is 2.28. The quantitative estimate of drug-likeness (QED) is 0.348. The standard InChI is InChI=1S/C22H22N4OS2/c1-14(2)16-5-7-17(8-6-16)21-23-18(12-28-21)13-29-22-24-20(25-26-22)11-10-19-9-4-15(3)27-19/h4-12,14H,13H2,1-3H3,(H,24,25,26)/b11-10+. The summed E-state index contributed by atoms with van der Waals surface area (Å²) in [7, 11) is 0. The molecule has 7 heteroatoms. The maximum Gasteiger partial charge on any atom is 0.209 e. The van der Waals surface area contributed by atoms with Crippen molar-refractivity contribution < 1.29 is 4.42 Å². The first-order valence-corrected chi connectivity index (χ1v) is 11.3. The topological polar surface area (TPSA) is 67.6 Å². The summed E-state index contributed by atoms with van der Waals surface area (Å²) in [5.41, 5.74) is 3.54. The summed E-state index contributed by atoms with van der Waals surface area (Å²) in [4.78, 5) is 9.24. The second kappa shape index (κ2) is 8.80. The van der Waals surface area contributed by atoms with Gasteiger partial charge in [0.15, 0.2) is 0 Å². The molecule has 4 aromatic rings. The maximum absolute atomic E-state index is 5.51. The van der Waals surface area contributed by atoms with Crippen LogP contribution in [0.25, 0.3) is 22.7 Å². The zero-order valence-electron chi connectivity index (χ0n) is 16.5. The molecule has 5 nitrogen and oxygen atoms in total. The van der Waals surface area contributed by atoms with Gasteiger partial charge in [-0.2, -0.15) is 0 Å². The molecule has 0 atom stereocenters. The summed E-state index contributed by atoms with van der Waals surface area (Å²) in [6.07, 6.45) is 3.73. The van der Waals surface area contributed by atoms with Gasteiger partial charge in [0.05, 0.1) is 5.69 Å². The highest BCUT2D eigenvalue weighted by Gasteiger charge is 2.08. The first-order chi connectivity index (χ1) is 14.1. The lowest BCUT2D eigenvalue weighted by atomic mass is 10.0. The fourth-order valence-corrected chi connectivity index (χ4v) is 4.39. The molecule has 0 bridgehead atoms. The Morgan fingerprint density at radius 3 is 2.66 bits per heavy atom. The van der Waals surface area contributed by atoms with Crippen molar-refractivity contribution in [3.63, 3.8) is 0 Å². The van der Waals surface area contributed by atoms with Crippen molar-refractivity contribution >= 4 is 35.3 Å². The van der Waals surface area contributed by atoms with Gasteiger partial charge in [-0.3, -0.25) is 5.10 Å². The molecule has 0 amide bonds. The monoisotopic (exact) mass is 422 g/mol. The Labute approximate surface area is 178 Å². The molecule has 0 aliphatic rings. The van der Waals surface area contributed by atoms with Crippen LogP contribution in [0.5, 0.6) is 0 Å². The van der Waals surface area contributed by atoms with E-state index in [-0.39, 0.29) is 0 Å². The third-order valence-electron chi connectivity index (χ3n) is 4.37. The number of hydrogen-bond acceptors (Lipinski definition) is 6. The molecule has 3 aromatic heterocycles. The van der Waals surface area contributed by atoms with E-state index in [1.54, 1.807) is 23.1 Å². The number of furan rings is 1. The van der Waals surface area contributed by atoms with E-state index in [1.165, 1.54) is 5.56 Å². The normalized spacial score (nSPS) is 11.7. The largest absolute Gasteiger partial charge is 0.462 e. The zero-order valence-corrected chi connectivity index (χ0v) is 18.2. The lowest BCUT2D eigenvalue weighted by Gasteiger charge is -2.05. The van der Waals surface area contributed by atoms with E-state index in [9.17, 15) is 0 Å². The van der Waals surface area contributed by atoms with Crippen LogP contribution < -0.4 is 0 Å². The Morgan fingerprint density at radius 2 is 1.93 bits per heavy atom. The second-order valence-electron chi connectivity index (χ2n) is 6.99. The highest BCUT2D eigenvalue weighted by atomic mass is 32.2. The SMILES string of the molecule is Cc1ccc(/C=C/c2nc(SCc3csc(-c4ccc(C(C)C)cc4)n3)n[nH]2)o1. The first-order valence-electron chi connectivity index (χ1n) is 9.41. The van der Waals surface area contributed by atoms with Crippen LogP contribution in [-0.2, 0) is 5.75 Å². The van der Waals surface area contributed by atoms with Gasteiger partial charge in [0.25, 0.3) is 0 Å². The van der Waals surface area contributed by atoms with Crippen LogP contribution in [0.2, 0.25) is 0 Å². The number of thiazole rings is 1. The minimum Gasteiger partial charge on any atom is -0.462 e. The summed E-state index contributed by atoms with van der Waals surface area (Å²) in [5.74, 6) is 3.66. The van der Waals surface area contributed by atoms with Crippen LogP contribution in [0.1, 0.15) is 48.4 Å². The first kappa shape index (κ1) is 19.7. The lowest BCUT2D eigenvalue weighted by Crippen LogP contribution is -1.87. The van der Waals surface area contributed by atoms with Gasteiger partial charge >= 0.3 is 0 Å². The van der Waals surface area contributed by atoms with Crippen molar-refractivity contribution in [1.29, 1.82) is 0 Å². The Morgan fingerprint density at radius 1 is 1.10 bits per heavy atom. The smallest absolute Gasteiger partial charge is 0.209 e. The van der Waals surface area contributed by atoms with Crippen LogP contribution in [0, 0.1) is 6.92 Å². The molecular weight excluding hydrogens is 400 g/mol. The number of aromatic amines is 1. The molecule has 0 aliphatic heterocycles. The highest BCUT2D eigenvalue weighted by molar-refractivity contribution is 7.98. The minimum absolute atomic E-state index is 0.539. The van der Waals surface area contributed by atoms with Crippen molar-refractivity contribution in [2.45, 2.75) is 37.6 Å². The number of rotatable bonds is 7. The Balaban J connectivity index is 1.35. The second-order valence-corrected chi connectivity index (χ2v) is 8.79. The third kappa shape index (κ3) is 5.05. The Hall–Kier alpha value is -2.64. The fourth-order valence-electron chi connectivity index (χ4n) is 2.76. The van der Waals surface area contributed by atoms with E-state index in [2.05, 4.69) is 58.7 Å². The maximum atomic E-state index is 5.51. The predicted molar refractivity (Wildman–Crippen MR) is 120 cm³/mol. The number of nitrogens with one attached hydrogen (secondary N) is 1. The number of thioether (sulfide) groups is 1. The van der Waals surface area contributed by atoms with E-state index in [0.717, 1.165) is 33.5 Å². The van der Waals surface area contributed by atoms with Gasteiger partial charge in [0, 0.05) is 16.7 Å². The summed E-state index contributed by atoms with van der Waals surface area (Å²) < 4.78 is 5.51. The van der Waals surface area contributed by atoms with E-state index < -0.39 is 0 Å². The Bertz CT molecular complexity index is 1110.